The van der Waals surface area contributed by atoms with Crippen LogP contribution in [-0.2, 0) is 0 Å². The van der Waals surface area contributed by atoms with Crippen LogP contribution in [0.5, 0.6) is 0 Å². The zero-order valence-electron chi connectivity index (χ0n) is 11.7. The predicted molar refractivity (Wildman–Crippen MR) is 76.7 cm³/mol. The van der Waals surface area contributed by atoms with Crippen molar-refractivity contribution in [2.45, 2.75) is 31.7 Å². The maximum atomic E-state index is 13.9. The molecule has 1 fully saturated rings. The Bertz CT molecular complexity index is 553. The van der Waals surface area contributed by atoms with Crippen molar-refractivity contribution in [2.24, 2.45) is 5.73 Å². The van der Waals surface area contributed by atoms with Crippen LogP contribution in [0.1, 0.15) is 41.6 Å². The molecule has 20 heavy (non-hydrogen) atoms. The van der Waals surface area contributed by atoms with Gasteiger partial charge in [0.2, 0.25) is 0 Å². The molecule has 0 heterocycles. The first-order valence-corrected chi connectivity index (χ1v) is 6.89. The summed E-state index contributed by atoms with van der Waals surface area (Å²) in [6, 6.07) is 4.58. The average Bonchev–Trinajstić information content (AvgIpc) is 2.99. The van der Waals surface area contributed by atoms with Gasteiger partial charge in [0.15, 0.2) is 0 Å². The van der Waals surface area contributed by atoms with E-state index in [0.29, 0.717) is 5.56 Å². The third-order valence-electron chi connectivity index (χ3n) is 3.72. The molecule has 1 saturated carbocycles. The Labute approximate surface area is 119 Å². The van der Waals surface area contributed by atoms with Gasteiger partial charge in [0, 0.05) is 18.7 Å². The Morgan fingerprint density at radius 1 is 1.45 bits per heavy atom. The first-order chi connectivity index (χ1) is 9.63. The van der Waals surface area contributed by atoms with Gasteiger partial charge < -0.3 is 10.6 Å². The highest BCUT2D eigenvalue weighted by Crippen LogP contribution is 2.24. The largest absolute Gasteiger partial charge is 0.339 e. The number of nitrogens with two attached hydrogens (primary N) is 1. The van der Waals surface area contributed by atoms with Crippen LogP contribution in [0.15, 0.2) is 18.2 Å². The molecule has 4 heteroatoms. The third kappa shape index (κ3) is 3.17. The van der Waals surface area contributed by atoms with Crippen LogP contribution < -0.4 is 5.73 Å². The van der Waals surface area contributed by atoms with E-state index in [0.717, 1.165) is 25.7 Å². The normalized spacial score (nSPS) is 14.8. The highest BCUT2D eigenvalue weighted by molar-refractivity contribution is 5.95. The number of rotatable bonds is 2. The number of carbonyl (C=O) groups is 1. The monoisotopic (exact) mass is 274 g/mol. The van der Waals surface area contributed by atoms with Gasteiger partial charge in [-0.25, -0.2) is 4.39 Å². The predicted octanol–water partition coefficient (Wildman–Crippen LogP) is 2.15. The summed E-state index contributed by atoms with van der Waals surface area (Å²) in [4.78, 5) is 14.0. The van der Waals surface area contributed by atoms with Crippen LogP contribution >= 0.6 is 0 Å². The molecule has 0 spiro atoms. The van der Waals surface area contributed by atoms with E-state index in [1.165, 1.54) is 12.1 Å². The minimum absolute atomic E-state index is 0.0863. The summed E-state index contributed by atoms with van der Waals surface area (Å²) >= 11 is 0. The molecule has 1 aliphatic rings. The fraction of sp³-hybridized carbons (Fsp3) is 0.438. The van der Waals surface area contributed by atoms with E-state index < -0.39 is 5.82 Å². The molecule has 2 N–H and O–H groups in total. The van der Waals surface area contributed by atoms with Gasteiger partial charge in [0.1, 0.15) is 5.82 Å². The lowest BCUT2D eigenvalue weighted by atomic mass is 10.1. The molecule has 0 unspecified atom stereocenters. The molecule has 0 saturated heterocycles. The minimum Gasteiger partial charge on any atom is -0.339 e. The molecule has 1 amide bonds. The molecular weight excluding hydrogens is 255 g/mol. The zero-order valence-corrected chi connectivity index (χ0v) is 11.7. The number of amides is 1. The summed E-state index contributed by atoms with van der Waals surface area (Å²) in [7, 11) is 1.75. The van der Waals surface area contributed by atoms with Gasteiger partial charge in [-0.1, -0.05) is 24.7 Å². The number of halogens is 1. The average molecular weight is 274 g/mol. The summed E-state index contributed by atoms with van der Waals surface area (Å²) < 4.78 is 13.9. The first kappa shape index (κ1) is 14.5. The molecule has 0 atom stereocenters. The third-order valence-corrected chi connectivity index (χ3v) is 3.72. The first-order valence-electron chi connectivity index (χ1n) is 6.89. The van der Waals surface area contributed by atoms with E-state index in [1.807, 2.05) is 0 Å². The van der Waals surface area contributed by atoms with E-state index in [4.69, 9.17) is 5.73 Å². The number of nitrogens with zero attached hydrogens (tertiary/aromatic N) is 1. The van der Waals surface area contributed by atoms with Gasteiger partial charge in [-0.05, 0) is 31.0 Å². The Morgan fingerprint density at radius 3 is 2.80 bits per heavy atom. The smallest absolute Gasteiger partial charge is 0.256 e. The lowest BCUT2D eigenvalue weighted by Gasteiger charge is -2.24. The molecule has 1 aliphatic carbocycles. The van der Waals surface area contributed by atoms with Gasteiger partial charge in [-0.3, -0.25) is 4.79 Å². The number of hydrogen-bond donors (Lipinski definition) is 1. The van der Waals surface area contributed by atoms with E-state index in [9.17, 15) is 9.18 Å². The summed E-state index contributed by atoms with van der Waals surface area (Å²) in [6.45, 7) is 0.239. The number of benzene rings is 1. The fourth-order valence-electron chi connectivity index (χ4n) is 2.57. The molecule has 2 rings (SSSR count). The second-order valence-electron chi connectivity index (χ2n) is 5.05. The number of hydrogen-bond acceptors (Lipinski definition) is 2. The molecule has 3 nitrogen and oxygen atoms in total. The van der Waals surface area contributed by atoms with Crippen LogP contribution in [0.3, 0.4) is 0 Å². The summed E-state index contributed by atoms with van der Waals surface area (Å²) in [5.74, 6) is 4.75. The molecule has 106 valence electrons. The molecule has 0 aliphatic heterocycles. The van der Waals surface area contributed by atoms with Crippen LogP contribution in [-0.4, -0.2) is 30.4 Å². The van der Waals surface area contributed by atoms with Crippen molar-refractivity contribution < 1.29 is 9.18 Å². The second-order valence-corrected chi connectivity index (χ2v) is 5.05. The Hall–Kier alpha value is -1.86. The van der Waals surface area contributed by atoms with Crippen molar-refractivity contribution in [3.63, 3.8) is 0 Å². The zero-order chi connectivity index (χ0) is 14.5. The quantitative estimate of drug-likeness (QED) is 0.840. The maximum Gasteiger partial charge on any atom is 0.256 e. The Morgan fingerprint density at radius 2 is 2.15 bits per heavy atom. The van der Waals surface area contributed by atoms with E-state index in [1.54, 1.807) is 18.0 Å². The van der Waals surface area contributed by atoms with Crippen molar-refractivity contribution in [2.75, 3.05) is 13.6 Å². The lowest BCUT2D eigenvalue weighted by molar-refractivity contribution is 0.0730. The molecule has 0 aromatic heterocycles. The molecular formula is C16H19FN2O. The molecule has 1 aromatic carbocycles. The molecule has 0 radical (unpaired) electrons. The fourth-order valence-corrected chi connectivity index (χ4v) is 2.57. The Balaban J connectivity index is 2.23. The van der Waals surface area contributed by atoms with Crippen molar-refractivity contribution in [1.82, 2.24) is 4.90 Å². The summed E-state index contributed by atoms with van der Waals surface area (Å²) in [6.07, 6.45) is 4.26. The van der Waals surface area contributed by atoms with Crippen LogP contribution in [0, 0.1) is 17.7 Å². The van der Waals surface area contributed by atoms with Crippen molar-refractivity contribution in [3.05, 3.63) is 35.1 Å². The standard InChI is InChI=1S/C16H19FN2O/c1-19(13-6-2-3-7-13)16(20)14-11-12(5-4-10-18)8-9-15(14)17/h8-9,11,13H,2-3,6-7,10,18H2,1H3. The topological polar surface area (TPSA) is 46.3 Å². The van der Waals surface area contributed by atoms with Gasteiger partial charge in [0.25, 0.3) is 5.91 Å². The van der Waals surface area contributed by atoms with Crippen LogP contribution in [0.25, 0.3) is 0 Å². The van der Waals surface area contributed by atoms with E-state index in [-0.39, 0.29) is 24.1 Å². The van der Waals surface area contributed by atoms with Gasteiger partial charge in [-0.2, -0.15) is 0 Å². The highest BCUT2D eigenvalue weighted by Gasteiger charge is 2.25. The van der Waals surface area contributed by atoms with Crippen molar-refractivity contribution >= 4 is 5.91 Å². The second kappa shape index (κ2) is 6.53. The van der Waals surface area contributed by atoms with Gasteiger partial charge in [-0.15, -0.1) is 0 Å². The van der Waals surface area contributed by atoms with Crippen molar-refractivity contribution in [1.29, 1.82) is 0 Å². The molecule has 0 bridgehead atoms. The molecule has 1 aromatic rings. The Kier molecular flexibility index (Phi) is 4.75. The lowest BCUT2D eigenvalue weighted by Crippen LogP contribution is -2.35. The summed E-state index contributed by atoms with van der Waals surface area (Å²) in [5.41, 5.74) is 6.01. The van der Waals surface area contributed by atoms with Crippen molar-refractivity contribution in [3.8, 4) is 11.8 Å². The van der Waals surface area contributed by atoms with Crippen LogP contribution in [0.4, 0.5) is 4.39 Å². The van der Waals surface area contributed by atoms with Gasteiger partial charge >= 0.3 is 0 Å². The van der Waals surface area contributed by atoms with E-state index >= 15 is 0 Å². The maximum absolute atomic E-state index is 13.9. The number of carbonyl (C=O) groups excluding carboxylic acids is 1. The van der Waals surface area contributed by atoms with E-state index in [2.05, 4.69) is 11.8 Å². The van der Waals surface area contributed by atoms with Crippen LogP contribution in [0.2, 0.25) is 0 Å². The minimum atomic E-state index is -0.502. The SMILES string of the molecule is CN(C(=O)c1cc(C#CCN)ccc1F)C1CCCC1. The summed E-state index contributed by atoms with van der Waals surface area (Å²) in [5, 5.41) is 0. The van der Waals surface area contributed by atoms with Gasteiger partial charge in [0.05, 0.1) is 12.1 Å². The highest BCUT2D eigenvalue weighted by atomic mass is 19.1.